The number of aromatic nitrogens is 1. The number of carboxylic acid groups (broad SMARTS) is 1. The summed E-state index contributed by atoms with van der Waals surface area (Å²) in [5.74, 6) is -4.26. The number of para-hydroxylation sites is 1. The summed E-state index contributed by atoms with van der Waals surface area (Å²) >= 11 is 0. The van der Waals surface area contributed by atoms with Crippen LogP contribution in [0.1, 0.15) is 15.9 Å². The third-order valence-electron chi connectivity index (χ3n) is 3.88. The minimum atomic E-state index is -1.22. The Morgan fingerprint density at radius 2 is 1.88 bits per heavy atom. The van der Waals surface area contributed by atoms with E-state index in [1.807, 2.05) is 24.3 Å². The topological polar surface area (TPSA) is 82.2 Å². The molecule has 0 aliphatic heterocycles. The van der Waals surface area contributed by atoms with Gasteiger partial charge in [-0.2, -0.15) is 0 Å². The smallest absolute Gasteiger partial charge is 0.326 e. The summed E-state index contributed by atoms with van der Waals surface area (Å²) in [6.45, 7) is 0. The molecule has 1 heterocycles. The highest BCUT2D eigenvalue weighted by Gasteiger charge is 2.23. The second kappa shape index (κ2) is 6.72. The van der Waals surface area contributed by atoms with E-state index in [0.29, 0.717) is 0 Å². The van der Waals surface area contributed by atoms with Crippen LogP contribution in [0.4, 0.5) is 8.78 Å². The number of halogens is 2. The van der Waals surface area contributed by atoms with E-state index in [4.69, 9.17) is 0 Å². The van der Waals surface area contributed by atoms with Crippen LogP contribution in [0.25, 0.3) is 10.9 Å². The first-order valence-corrected chi connectivity index (χ1v) is 7.49. The zero-order valence-corrected chi connectivity index (χ0v) is 12.9. The Kier molecular flexibility index (Phi) is 4.47. The van der Waals surface area contributed by atoms with Gasteiger partial charge in [0.25, 0.3) is 5.91 Å². The molecule has 5 nitrogen and oxygen atoms in total. The zero-order valence-electron chi connectivity index (χ0n) is 12.9. The van der Waals surface area contributed by atoms with Gasteiger partial charge in [-0.3, -0.25) is 4.79 Å². The van der Waals surface area contributed by atoms with E-state index < -0.39 is 29.6 Å². The molecule has 2 aromatic carbocycles. The molecule has 128 valence electrons. The number of amides is 1. The highest BCUT2D eigenvalue weighted by Crippen LogP contribution is 2.19. The summed E-state index contributed by atoms with van der Waals surface area (Å²) < 4.78 is 26.2. The number of carboxylic acids is 1. The summed E-state index contributed by atoms with van der Waals surface area (Å²) in [4.78, 5) is 26.7. The Hall–Kier alpha value is -3.22. The molecule has 0 saturated heterocycles. The first-order valence-electron chi connectivity index (χ1n) is 7.49. The SMILES string of the molecule is O=C(NC(Cc1c[nH]c2ccccc12)C(=O)O)c1ccc(F)c(F)c1. The number of rotatable bonds is 5. The Morgan fingerprint density at radius 1 is 1.12 bits per heavy atom. The maximum absolute atomic E-state index is 13.2. The van der Waals surface area contributed by atoms with Crippen molar-refractivity contribution >= 4 is 22.8 Å². The number of H-pyrrole nitrogens is 1. The lowest BCUT2D eigenvalue weighted by atomic mass is 10.0. The summed E-state index contributed by atoms with van der Waals surface area (Å²) in [7, 11) is 0. The lowest BCUT2D eigenvalue weighted by Crippen LogP contribution is -2.42. The van der Waals surface area contributed by atoms with Gasteiger partial charge >= 0.3 is 5.97 Å². The second-order valence-electron chi connectivity index (χ2n) is 5.56. The van der Waals surface area contributed by atoms with E-state index in [1.165, 1.54) is 0 Å². The first-order chi connectivity index (χ1) is 12.0. The molecule has 0 aliphatic carbocycles. The predicted molar refractivity (Wildman–Crippen MR) is 87.3 cm³/mol. The van der Waals surface area contributed by atoms with Crippen LogP contribution in [0.5, 0.6) is 0 Å². The number of hydrogen-bond acceptors (Lipinski definition) is 2. The minimum Gasteiger partial charge on any atom is -0.480 e. The van der Waals surface area contributed by atoms with Gasteiger partial charge in [0.15, 0.2) is 11.6 Å². The third-order valence-corrected chi connectivity index (χ3v) is 3.88. The second-order valence-corrected chi connectivity index (χ2v) is 5.56. The maximum Gasteiger partial charge on any atom is 0.326 e. The van der Waals surface area contributed by atoms with Gasteiger partial charge in [-0.1, -0.05) is 18.2 Å². The van der Waals surface area contributed by atoms with Gasteiger partial charge in [-0.25, -0.2) is 13.6 Å². The van der Waals surface area contributed by atoms with Crippen LogP contribution < -0.4 is 5.32 Å². The Bertz CT molecular complexity index is 952. The van der Waals surface area contributed by atoms with Crippen molar-refractivity contribution < 1.29 is 23.5 Å². The van der Waals surface area contributed by atoms with Gasteiger partial charge in [0.05, 0.1) is 0 Å². The van der Waals surface area contributed by atoms with Gasteiger partial charge in [0, 0.05) is 29.1 Å². The molecule has 3 aromatic rings. The lowest BCUT2D eigenvalue weighted by Gasteiger charge is -2.14. The van der Waals surface area contributed by atoms with Crippen molar-refractivity contribution in [1.82, 2.24) is 10.3 Å². The van der Waals surface area contributed by atoms with Crippen molar-refractivity contribution in [2.75, 3.05) is 0 Å². The van der Waals surface area contributed by atoms with Crippen molar-refractivity contribution in [3.63, 3.8) is 0 Å². The summed E-state index contributed by atoms with van der Waals surface area (Å²) in [5.41, 5.74) is 1.44. The van der Waals surface area contributed by atoms with Crippen LogP contribution >= 0.6 is 0 Å². The summed E-state index contributed by atoms with van der Waals surface area (Å²) in [5, 5.41) is 12.6. The number of carbonyl (C=O) groups excluding carboxylic acids is 1. The maximum atomic E-state index is 13.2. The summed E-state index contributed by atoms with van der Waals surface area (Å²) in [6.07, 6.45) is 1.74. The van der Waals surface area contributed by atoms with Crippen molar-refractivity contribution in [2.24, 2.45) is 0 Å². The number of benzene rings is 2. The van der Waals surface area contributed by atoms with Crippen LogP contribution in [-0.2, 0) is 11.2 Å². The van der Waals surface area contributed by atoms with E-state index in [0.717, 1.165) is 34.7 Å². The number of fused-ring (bicyclic) bond motifs is 1. The van der Waals surface area contributed by atoms with Gasteiger partial charge in [0.1, 0.15) is 6.04 Å². The lowest BCUT2D eigenvalue weighted by molar-refractivity contribution is -0.139. The van der Waals surface area contributed by atoms with E-state index in [9.17, 15) is 23.5 Å². The number of hydrogen-bond donors (Lipinski definition) is 3. The standard InChI is InChI=1S/C18H14F2N2O3/c19-13-6-5-10(7-14(13)20)17(23)22-16(18(24)25)8-11-9-21-15-4-2-1-3-12(11)15/h1-7,9,16,21H,8H2,(H,22,23)(H,24,25). The van der Waals surface area contributed by atoms with Crippen LogP contribution in [0.3, 0.4) is 0 Å². The average molecular weight is 344 g/mol. The number of aromatic amines is 1. The number of carbonyl (C=O) groups is 2. The third kappa shape index (κ3) is 3.50. The largest absolute Gasteiger partial charge is 0.480 e. The van der Waals surface area contributed by atoms with Gasteiger partial charge in [-0.15, -0.1) is 0 Å². The van der Waals surface area contributed by atoms with E-state index in [2.05, 4.69) is 10.3 Å². The molecule has 7 heteroatoms. The molecule has 0 fully saturated rings. The molecule has 1 atom stereocenters. The fourth-order valence-electron chi connectivity index (χ4n) is 2.60. The zero-order chi connectivity index (χ0) is 18.0. The molecular formula is C18H14F2N2O3. The monoisotopic (exact) mass is 344 g/mol. The fraction of sp³-hybridized carbons (Fsp3) is 0.111. The Morgan fingerprint density at radius 3 is 2.60 bits per heavy atom. The Labute approximate surface area is 141 Å². The molecule has 0 spiro atoms. The van der Waals surface area contributed by atoms with Gasteiger partial charge in [0.2, 0.25) is 0 Å². The van der Waals surface area contributed by atoms with Crippen LogP contribution in [0.2, 0.25) is 0 Å². The van der Waals surface area contributed by atoms with Crippen molar-refractivity contribution in [3.05, 3.63) is 71.4 Å². The quantitative estimate of drug-likeness (QED) is 0.666. The van der Waals surface area contributed by atoms with Crippen molar-refractivity contribution in [3.8, 4) is 0 Å². The number of aliphatic carboxylic acids is 1. The highest BCUT2D eigenvalue weighted by molar-refractivity contribution is 5.96. The molecular weight excluding hydrogens is 330 g/mol. The van der Waals surface area contributed by atoms with Crippen molar-refractivity contribution in [2.45, 2.75) is 12.5 Å². The van der Waals surface area contributed by atoms with Crippen LogP contribution in [-0.4, -0.2) is 28.0 Å². The molecule has 0 bridgehead atoms. The normalized spacial score (nSPS) is 12.1. The molecule has 0 saturated carbocycles. The average Bonchev–Trinajstić information content (AvgIpc) is 2.99. The molecule has 0 radical (unpaired) electrons. The number of nitrogens with one attached hydrogen (secondary N) is 2. The minimum absolute atomic E-state index is 0.0504. The van der Waals surface area contributed by atoms with Crippen LogP contribution in [0, 0.1) is 11.6 Å². The van der Waals surface area contributed by atoms with Gasteiger partial charge in [-0.05, 0) is 29.8 Å². The van der Waals surface area contributed by atoms with E-state index in [-0.39, 0.29) is 12.0 Å². The van der Waals surface area contributed by atoms with Crippen molar-refractivity contribution in [1.29, 1.82) is 0 Å². The fourth-order valence-corrected chi connectivity index (χ4v) is 2.60. The highest BCUT2D eigenvalue weighted by atomic mass is 19.2. The molecule has 25 heavy (non-hydrogen) atoms. The summed E-state index contributed by atoms with van der Waals surface area (Å²) in [6, 6.07) is 8.82. The molecule has 0 aliphatic rings. The molecule has 1 unspecified atom stereocenters. The Balaban J connectivity index is 1.80. The predicted octanol–water partition coefficient (Wildman–Crippen LogP) is 2.87. The van der Waals surface area contributed by atoms with Crippen LogP contribution in [0.15, 0.2) is 48.7 Å². The molecule has 3 rings (SSSR count). The molecule has 3 N–H and O–H groups in total. The van der Waals surface area contributed by atoms with E-state index in [1.54, 1.807) is 6.20 Å². The van der Waals surface area contributed by atoms with Gasteiger partial charge < -0.3 is 15.4 Å². The van der Waals surface area contributed by atoms with E-state index >= 15 is 0 Å². The molecule has 1 aromatic heterocycles. The molecule has 1 amide bonds. The first kappa shape index (κ1) is 16.6.